The Labute approximate surface area is 663 Å². The van der Waals surface area contributed by atoms with Gasteiger partial charge in [0.25, 0.3) is 0 Å². The molecule has 5 aliphatic rings. The Hall–Kier alpha value is -5.68. The molecule has 2 heterocycles. The van der Waals surface area contributed by atoms with Gasteiger partial charge in [-0.3, -0.25) is 0 Å². The van der Waals surface area contributed by atoms with Gasteiger partial charge in [-0.2, -0.15) is 0 Å². The highest BCUT2D eigenvalue weighted by atomic mass is 32.1. The summed E-state index contributed by atoms with van der Waals surface area (Å²) in [6.45, 7) is 56.6. The van der Waals surface area contributed by atoms with E-state index in [0.29, 0.717) is 27.1 Å². The van der Waals surface area contributed by atoms with E-state index in [-0.39, 0.29) is 0 Å². The summed E-state index contributed by atoms with van der Waals surface area (Å²) in [6.07, 6.45) is 32.9. The Balaban J connectivity index is 0.000000158. The predicted octanol–water partition coefficient (Wildman–Crippen LogP) is 31.7. The van der Waals surface area contributed by atoms with Gasteiger partial charge in [0.1, 0.15) is 0 Å². The van der Waals surface area contributed by atoms with E-state index in [0.717, 1.165) is 53.5 Å². The van der Waals surface area contributed by atoms with E-state index in [1.54, 1.807) is 27.8 Å². The average Bonchev–Trinajstić information content (AvgIpc) is 1.79. The third-order valence-electron chi connectivity index (χ3n) is 25.1. The van der Waals surface area contributed by atoms with Crippen molar-refractivity contribution < 1.29 is 0 Å². The molecule has 5 fully saturated rings. The molecular formula is C103H148N2S2. The van der Waals surface area contributed by atoms with Gasteiger partial charge in [0.2, 0.25) is 0 Å². The first-order valence-electron chi connectivity index (χ1n) is 42.3. The second-order valence-corrected chi connectivity index (χ2v) is 41.7. The van der Waals surface area contributed by atoms with Crippen LogP contribution in [0.1, 0.15) is 339 Å². The molecule has 14 rings (SSSR count). The van der Waals surface area contributed by atoms with Crippen LogP contribution < -0.4 is 0 Å². The normalized spacial score (nSPS) is 17.6. The van der Waals surface area contributed by atoms with E-state index in [1.807, 2.05) is 22.7 Å². The van der Waals surface area contributed by atoms with Crippen LogP contribution in [0.4, 0.5) is 0 Å². The number of aryl methyl sites for hydroxylation is 11. The summed E-state index contributed by atoms with van der Waals surface area (Å²) in [5.74, 6) is 4.37. The molecule has 2 aromatic heterocycles. The predicted molar refractivity (Wildman–Crippen MR) is 476 cm³/mol. The number of nitrogens with zero attached hydrogens (tertiary/aromatic N) is 2. The van der Waals surface area contributed by atoms with Crippen LogP contribution in [0, 0.1) is 129 Å². The van der Waals surface area contributed by atoms with Gasteiger partial charge in [0.15, 0.2) is 0 Å². The van der Waals surface area contributed by atoms with Gasteiger partial charge in [-0.15, -0.1) is 22.7 Å². The Kier molecular flexibility index (Phi) is 31.7. The fraction of sp³-hybridized carbons (Fsp3) is 0.573. The van der Waals surface area contributed by atoms with E-state index < -0.39 is 0 Å². The summed E-state index contributed by atoms with van der Waals surface area (Å²) >= 11 is 3.65. The maximum Gasteiger partial charge on any atom is 0.0943 e. The summed E-state index contributed by atoms with van der Waals surface area (Å²) < 4.78 is 2.63. The fourth-order valence-electron chi connectivity index (χ4n) is 16.8. The number of aromatic nitrogens is 2. The second-order valence-electron chi connectivity index (χ2n) is 39.5. The summed E-state index contributed by atoms with van der Waals surface area (Å²) in [5, 5.41) is 2.51. The van der Waals surface area contributed by atoms with Crippen LogP contribution in [0.5, 0.6) is 0 Å². The first kappa shape index (κ1) is 86.9. The summed E-state index contributed by atoms with van der Waals surface area (Å²) in [7, 11) is 0. The van der Waals surface area contributed by atoms with Crippen LogP contribution in [0.25, 0.3) is 20.4 Å². The SMILES string of the molecule is Cc1cc(C2CCC(C)(C)CC2)cc(C)c1C.Cc1cc(CC2CCCC2)cc(C)c1C.Cc1ccc(C2CCC(C)(C)CC2)cc1.Cc1ccc(C2CCC(C)(C)CC2)cc1C.Cc1ccc(CC2CCCC2)cc1C.Cc1ccc2nc(CC(C)(C)C)sc2c1.Cc1ccc2nc(CC(C)(C)C)sc2c1. The minimum Gasteiger partial charge on any atom is -0.241 e. The van der Waals surface area contributed by atoms with Crippen molar-refractivity contribution in [3.05, 3.63) is 231 Å². The van der Waals surface area contributed by atoms with E-state index >= 15 is 0 Å². The molecule has 9 aromatic rings. The number of hydrogen-bond acceptors (Lipinski definition) is 4. The van der Waals surface area contributed by atoms with Gasteiger partial charge in [-0.05, 0) is 355 Å². The number of fused-ring (bicyclic) bond motifs is 2. The highest BCUT2D eigenvalue weighted by Gasteiger charge is 2.31. The van der Waals surface area contributed by atoms with Gasteiger partial charge in [0.05, 0.1) is 30.4 Å². The van der Waals surface area contributed by atoms with Crippen molar-refractivity contribution >= 4 is 43.1 Å². The number of rotatable bonds is 9. The lowest BCUT2D eigenvalue weighted by Crippen LogP contribution is -2.20. The molecule has 0 spiro atoms. The third kappa shape index (κ3) is 28.5. The minimum atomic E-state index is 0.322. The molecule has 0 bridgehead atoms. The van der Waals surface area contributed by atoms with Crippen molar-refractivity contribution in [3.63, 3.8) is 0 Å². The Morgan fingerprint density at radius 3 is 1.02 bits per heavy atom. The van der Waals surface area contributed by atoms with E-state index in [9.17, 15) is 0 Å². The molecule has 5 aliphatic carbocycles. The van der Waals surface area contributed by atoms with Gasteiger partial charge in [-0.1, -0.05) is 237 Å². The van der Waals surface area contributed by atoms with Crippen LogP contribution >= 0.6 is 22.7 Å². The zero-order valence-electron chi connectivity index (χ0n) is 72.6. The van der Waals surface area contributed by atoms with Gasteiger partial charge < -0.3 is 0 Å². The molecular weight excluding hydrogens is 1330 g/mol. The molecule has 0 unspecified atom stereocenters. The monoisotopic (exact) mass is 1480 g/mol. The highest BCUT2D eigenvalue weighted by Crippen LogP contribution is 2.46. The molecule has 4 heteroatoms. The lowest BCUT2D eigenvalue weighted by molar-refractivity contribution is 0.224. The quantitative estimate of drug-likeness (QED) is 0.144. The average molecular weight is 1480 g/mol. The van der Waals surface area contributed by atoms with E-state index in [2.05, 4.69) is 304 Å². The zero-order valence-corrected chi connectivity index (χ0v) is 74.2. The van der Waals surface area contributed by atoms with Crippen LogP contribution in [0.2, 0.25) is 0 Å². The van der Waals surface area contributed by atoms with Crippen molar-refractivity contribution in [1.82, 2.24) is 9.97 Å². The van der Waals surface area contributed by atoms with E-state index in [1.165, 1.54) is 233 Å². The first-order valence-corrected chi connectivity index (χ1v) is 43.9. The molecule has 0 saturated heterocycles. The molecule has 0 atom stereocenters. The number of thiazole rings is 2. The molecule has 0 aliphatic heterocycles. The first-order chi connectivity index (χ1) is 50.2. The number of benzene rings is 7. The maximum absolute atomic E-state index is 4.66. The summed E-state index contributed by atoms with van der Waals surface area (Å²) in [4.78, 5) is 9.32. The largest absolute Gasteiger partial charge is 0.241 e. The summed E-state index contributed by atoms with van der Waals surface area (Å²) in [6, 6.07) is 45.6. The maximum atomic E-state index is 4.66. The molecule has 7 aromatic carbocycles. The van der Waals surface area contributed by atoms with Crippen LogP contribution in [0.3, 0.4) is 0 Å². The van der Waals surface area contributed by atoms with Crippen LogP contribution in [-0.2, 0) is 25.7 Å². The van der Waals surface area contributed by atoms with Crippen molar-refractivity contribution in [1.29, 1.82) is 0 Å². The minimum absolute atomic E-state index is 0.322. The highest BCUT2D eigenvalue weighted by molar-refractivity contribution is 7.18. The van der Waals surface area contributed by atoms with Crippen molar-refractivity contribution in [2.45, 2.75) is 345 Å². The molecule has 5 saturated carbocycles. The standard InChI is InChI=1S/C17H26.C16H24.2C15H22.C14H20.2C13H17NS/c1-12-10-16(11-13(2)14(12)3)15-6-8-17(4,5)9-7-15;1-12-5-6-15(11-13(12)2)14-7-9-16(3,4)10-8-14;1-12-4-6-13(7-5-12)14-8-10-15(2,3)11-9-14;1-11-8-15(9-12(2)13(11)3)10-14-6-4-5-7-14;1-11-7-8-14(9-12(11)2)10-13-5-3-4-6-13;2*1-9-5-6-10-11(7-9)15-12(14-10)8-13(2,3)4/h10-11,15H,6-9H2,1-5H3;5-6,11,14H,7-10H2,1-4H3;4-7,14H,8-11H2,1-3H3;8-9,14H,4-7,10H2,1-3H3;7-9,13H,3-6,10H2,1-2H3;2*5-7H,8H2,1-4H3. The third-order valence-corrected chi connectivity index (χ3v) is 27.1. The molecule has 0 N–H and O–H groups in total. The Morgan fingerprint density at radius 1 is 0.318 bits per heavy atom. The lowest BCUT2D eigenvalue weighted by atomic mass is 9.71. The van der Waals surface area contributed by atoms with Gasteiger partial charge in [0, 0.05) is 12.8 Å². The fourth-order valence-corrected chi connectivity index (χ4v) is 19.6. The Morgan fingerprint density at radius 2 is 0.636 bits per heavy atom. The van der Waals surface area contributed by atoms with Crippen LogP contribution in [0.15, 0.2) is 121 Å². The van der Waals surface area contributed by atoms with Crippen molar-refractivity contribution in [2.75, 3.05) is 0 Å². The van der Waals surface area contributed by atoms with Crippen molar-refractivity contribution in [3.8, 4) is 0 Å². The molecule has 107 heavy (non-hydrogen) atoms. The zero-order chi connectivity index (χ0) is 78.2. The van der Waals surface area contributed by atoms with Crippen LogP contribution in [-0.4, -0.2) is 9.97 Å². The molecule has 582 valence electrons. The molecule has 0 amide bonds. The summed E-state index contributed by atoms with van der Waals surface area (Å²) in [5.41, 5.74) is 31.0. The molecule has 2 nitrogen and oxygen atoms in total. The number of hydrogen-bond donors (Lipinski definition) is 0. The van der Waals surface area contributed by atoms with Gasteiger partial charge >= 0.3 is 0 Å². The second kappa shape index (κ2) is 39.0. The Bertz CT molecular complexity index is 4080. The smallest absolute Gasteiger partial charge is 0.0943 e. The topological polar surface area (TPSA) is 25.8 Å². The molecule has 0 radical (unpaired) electrons. The van der Waals surface area contributed by atoms with E-state index in [4.69, 9.17) is 0 Å². The lowest BCUT2D eigenvalue weighted by Gasteiger charge is -2.34. The van der Waals surface area contributed by atoms with Crippen molar-refractivity contribution in [2.24, 2.45) is 38.9 Å². The van der Waals surface area contributed by atoms with Gasteiger partial charge in [-0.25, -0.2) is 9.97 Å².